The molecule has 0 amide bonds. The minimum Gasteiger partial charge on any atom is -0.355 e. The van der Waals surface area contributed by atoms with Crippen LogP contribution < -0.4 is 0 Å². The number of rotatable bonds is 6. The topological polar surface area (TPSA) is 93.5 Å². The van der Waals surface area contributed by atoms with Crippen molar-refractivity contribution in [1.82, 2.24) is 25.2 Å². The fraction of sp³-hybridized carbons (Fsp3) is 0.533. The van der Waals surface area contributed by atoms with Crippen molar-refractivity contribution < 1.29 is 9.59 Å². The third kappa shape index (κ3) is 3.36. The Balaban J connectivity index is 2.25. The van der Waals surface area contributed by atoms with Crippen molar-refractivity contribution in [1.29, 1.82) is 0 Å². The summed E-state index contributed by atoms with van der Waals surface area (Å²) in [5.41, 5.74) is 2.51. The highest BCUT2D eigenvalue weighted by Crippen LogP contribution is 2.27. The molecule has 1 atom stereocenters. The lowest BCUT2D eigenvalue weighted by Crippen LogP contribution is -2.17. The molecule has 8 heteroatoms. The van der Waals surface area contributed by atoms with Crippen LogP contribution in [0.25, 0.3) is 0 Å². The SMILES string of the molecule is CC(=O)c1c(C)[nH]c(C(=O)C(C)Sc2nnnn2C(C)C)c1C. The lowest BCUT2D eigenvalue weighted by Gasteiger charge is -2.11. The Kier molecular flexibility index (Phi) is 5.03. The molecule has 2 aromatic rings. The van der Waals surface area contributed by atoms with Gasteiger partial charge in [-0.15, -0.1) is 5.10 Å². The molecule has 2 rings (SSSR count). The van der Waals surface area contributed by atoms with Crippen molar-refractivity contribution in [2.45, 2.75) is 58.0 Å². The summed E-state index contributed by atoms with van der Waals surface area (Å²) in [4.78, 5) is 27.5. The smallest absolute Gasteiger partial charge is 0.210 e. The van der Waals surface area contributed by atoms with E-state index in [0.29, 0.717) is 22.0 Å². The first-order valence-corrected chi connectivity index (χ1v) is 8.30. The Labute approximate surface area is 139 Å². The van der Waals surface area contributed by atoms with Crippen molar-refractivity contribution in [2.75, 3.05) is 0 Å². The number of aromatic amines is 1. The molecule has 0 aliphatic heterocycles. The Bertz CT molecular complexity index is 747. The van der Waals surface area contributed by atoms with E-state index in [1.54, 1.807) is 18.5 Å². The molecule has 0 aromatic carbocycles. The third-order valence-corrected chi connectivity index (χ3v) is 4.69. The van der Waals surface area contributed by atoms with Crippen molar-refractivity contribution in [2.24, 2.45) is 0 Å². The number of aromatic nitrogens is 5. The molecule has 1 N–H and O–H groups in total. The first-order valence-electron chi connectivity index (χ1n) is 7.42. The molecule has 0 saturated heterocycles. The van der Waals surface area contributed by atoms with Crippen LogP contribution in [0.4, 0.5) is 0 Å². The van der Waals surface area contributed by atoms with E-state index in [2.05, 4.69) is 20.5 Å². The van der Waals surface area contributed by atoms with Crippen LogP contribution in [0.5, 0.6) is 0 Å². The van der Waals surface area contributed by atoms with Gasteiger partial charge in [0.1, 0.15) is 0 Å². The van der Waals surface area contributed by atoms with Crippen molar-refractivity contribution in [3.05, 3.63) is 22.5 Å². The quantitative estimate of drug-likeness (QED) is 0.644. The fourth-order valence-electron chi connectivity index (χ4n) is 2.53. The van der Waals surface area contributed by atoms with Gasteiger partial charge >= 0.3 is 0 Å². The summed E-state index contributed by atoms with van der Waals surface area (Å²) in [6, 6.07) is 0.119. The molecule has 1 unspecified atom stereocenters. The van der Waals surface area contributed by atoms with E-state index in [4.69, 9.17) is 0 Å². The van der Waals surface area contributed by atoms with Gasteiger partial charge in [0.25, 0.3) is 0 Å². The predicted octanol–water partition coefficient (Wildman–Crippen LogP) is 2.77. The molecule has 0 bridgehead atoms. The van der Waals surface area contributed by atoms with Crippen LogP contribution in [0.1, 0.15) is 65.8 Å². The summed E-state index contributed by atoms with van der Waals surface area (Å²) in [6.45, 7) is 10.9. The van der Waals surface area contributed by atoms with E-state index in [9.17, 15) is 9.59 Å². The second-order valence-electron chi connectivity index (χ2n) is 5.81. The maximum absolute atomic E-state index is 12.7. The summed E-state index contributed by atoms with van der Waals surface area (Å²) in [6.07, 6.45) is 0. The number of carbonyl (C=O) groups excluding carboxylic acids is 2. The van der Waals surface area contributed by atoms with Crippen LogP contribution in [0, 0.1) is 13.8 Å². The molecule has 0 radical (unpaired) electrons. The number of nitrogens with one attached hydrogen (secondary N) is 1. The Morgan fingerprint density at radius 1 is 1.22 bits per heavy atom. The lowest BCUT2D eigenvalue weighted by molar-refractivity contribution is 0.0988. The number of nitrogens with zero attached hydrogens (tertiary/aromatic N) is 4. The predicted molar refractivity (Wildman–Crippen MR) is 88.1 cm³/mol. The van der Waals surface area contributed by atoms with Gasteiger partial charge in [0.2, 0.25) is 5.16 Å². The molecule has 0 fully saturated rings. The normalized spacial score (nSPS) is 12.7. The van der Waals surface area contributed by atoms with Crippen molar-refractivity contribution >= 4 is 23.3 Å². The van der Waals surface area contributed by atoms with Crippen LogP contribution in [0.15, 0.2) is 5.16 Å². The molecule has 7 nitrogen and oxygen atoms in total. The van der Waals surface area contributed by atoms with Crippen LogP contribution in [-0.2, 0) is 0 Å². The van der Waals surface area contributed by atoms with Crippen LogP contribution in [0.3, 0.4) is 0 Å². The van der Waals surface area contributed by atoms with Crippen LogP contribution in [0.2, 0.25) is 0 Å². The zero-order valence-electron chi connectivity index (χ0n) is 14.2. The fourth-order valence-corrected chi connectivity index (χ4v) is 3.51. The minimum absolute atomic E-state index is 0.0423. The van der Waals surface area contributed by atoms with Gasteiger partial charge in [-0.05, 0) is 57.5 Å². The highest BCUT2D eigenvalue weighted by atomic mass is 32.2. The number of tetrazole rings is 1. The molecular formula is C15H21N5O2S. The van der Waals surface area contributed by atoms with E-state index in [0.717, 1.165) is 5.69 Å². The standard InChI is InChI=1S/C15H21N5O2S/c1-7(2)20-15(17-18-19-20)23-11(6)14(22)13-8(3)12(10(5)21)9(4)16-13/h7,11,16H,1-6H3. The molecule has 2 heterocycles. The largest absolute Gasteiger partial charge is 0.355 e. The third-order valence-electron chi connectivity index (χ3n) is 3.64. The molecule has 124 valence electrons. The van der Waals surface area contributed by atoms with Gasteiger partial charge in [0.05, 0.1) is 17.0 Å². The summed E-state index contributed by atoms with van der Waals surface area (Å²) < 4.78 is 1.68. The average Bonchev–Trinajstić information content (AvgIpc) is 3.02. The lowest BCUT2D eigenvalue weighted by atomic mass is 10.0. The van der Waals surface area contributed by atoms with Gasteiger partial charge in [-0.2, -0.15) is 0 Å². The number of hydrogen-bond acceptors (Lipinski definition) is 6. The van der Waals surface area contributed by atoms with Gasteiger partial charge in [-0.25, -0.2) is 4.68 Å². The molecule has 0 saturated carbocycles. The van der Waals surface area contributed by atoms with Crippen LogP contribution in [-0.4, -0.2) is 42.0 Å². The number of ketones is 2. The maximum Gasteiger partial charge on any atom is 0.210 e. The number of aryl methyl sites for hydroxylation is 1. The van der Waals surface area contributed by atoms with Crippen molar-refractivity contribution in [3.63, 3.8) is 0 Å². The van der Waals surface area contributed by atoms with Gasteiger partial charge < -0.3 is 4.98 Å². The number of Topliss-reactive ketones (excluding diaryl/α,β-unsaturated/α-hetero) is 2. The first-order chi connectivity index (χ1) is 10.7. The number of H-pyrrole nitrogens is 1. The number of hydrogen-bond donors (Lipinski definition) is 1. The Morgan fingerprint density at radius 2 is 1.87 bits per heavy atom. The van der Waals surface area contributed by atoms with Gasteiger partial charge in [-0.1, -0.05) is 11.8 Å². The highest BCUT2D eigenvalue weighted by Gasteiger charge is 2.26. The van der Waals surface area contributed by atoms with E-state index in [1.807, 2.05) is 20.8 Å². The van der Waals surface area contributed by atoms with Gasteiger partial charge in [0.15, 0.2) is 11.6 Å². The zero-order chi connectivity index (χ0) is 17.3. The monoisotopic (exact) mass is 335 g/mol. The molecule has 0 spiro atoms. The summed E-state index contributed by atoms with van der Waals surface area (Å²) in [5, 5.41) is 11.8. The zero-order valence-corrected chi connectivity index (χ0v) is 15.0. The van der Waals surface area contributed by atoms with E-state index in [-0.39, 0.29) is 22.9 Å². The van der Waals surface area contributed by atoms with E-state index in [1.165, 1.54) is 18.7 Å². The van der Waals surface area contributed by atoms with E-state index < -0.39 is 0 Å². The maximum atomic E-state index is 12.7. The summed E-state index contributed by atoms with van der Waals surface area (Å²) in [7, 11) is 0. The van der Waals surface area contributed by atoms with Crippen LogP contribution >= 0.6 is 11.8 Å². The number of carbonyl (C=O) groups is 2. The summed E-state index contributed by atoms with van der Waals surface area (Å²) >= 11 is 1.31. The molecular weight excluding hydrogens is 314 g/mol. The first kappa shape index (κ1) is 17.4. The van der Waals surface area contributed by atoms with Gasteiger partial charge in [-0.3, -0.25) is 9.59 Å². The molecule has 2 aromatic heterocycles. The second kappa shape index (κ2) is 6.66. The van der Waals surface area contributed by atoms with E-state index >= 15 is 0 Å². The molecule has 23 heavy (non-hydrogen) atoms. The van der Waals surface area contributed by atoms with Gasteiger partial charge in [0, 0.05) is 11.3 Å². The second-order valence-corrected chi connectivity index (χ2v) is 7.11. The average molecular weight is 335 g/mol. The highest BCUT2D eigenvalue weighted by molar-refractivity contribution is 8.00. The van der Waals surface area contributed by atoms with Crippen molar-refractivity contribution in [3.8, 4) is 0 Å². The summed E-state index contributed by atoms with van der Waals surface area (Å²) in [5.74, 6) is -0.110. The Morgan fingerprint density at radius 3 is 2.39 bits per heavy atom. The molecule has 0 aliphatic carbocycles. The Hall–Kier alpha value is -1.96. The minimum atomic E-state index is -0.366. The number of thioether (sulfide) groups is 1. The molecule has 0 aliphatic rings.